The summed E-state index contributed by atoms with van der Waals surface area (Å²) in [6.45, 7) is 1.10. The van der Waals surface area contributed by atoms with Crippen LogP contribution in [0.3, 0.4) is 0 Å². The highest BCUT2D eigenvalue weighted by Gasteiger charge is 2.18. The van der Waals surface area contributed by atoms with Crippen molar-refractivity contribution in [2.45, 2.75) is 6.04 Å². The minimum absolute atomic E-state index is 0.0197. The monoisotopic (exact) mass is 261 g/mol. The third-order valence-corrected chi connectivity index (χ3v) is 2.89. The van der Waals surface area contributed by atoms with Gasteiger partial charge < -0.3 is 19.2 Å². The zero-order chi connectivity index (χ0) is 13.5. The Bertz CT molecular complexity index is 482. The average Bonchev–Trinajstić information content (AvgIpc) is 2.96. The Hall–Kier alpha value is -1.78. The maximum atomic E-state index is 5.75. The van der Waals surface area contributed by atoms with Crippen molar-refractivity contribution in [2.24, 2.45) is 0 Å². The molecule has 1 unspecified atom stereocenters. The van der Waals surface area contributed by atoms with Gasteiger partial charge in [-0.3, -0.25) is 0 Å². The molecule has 0 spiro atoms. The summed E-state index contributed by atoms with van der Waals surface area (Å²) in [6, 6.07) is 11.8. The molecule has 0 bridgehead atoms. The van der Waals surface area contributed by atoms with E-state index >= 15 is 0 Å². The molecule has 1 N–H and O–H groups in total. The van der Waals surface area contributed by atoms with Gasteiger partial charge in [-0.1, -0.05) is 18.2 Å². The Morgan fingerprint density at radius 1 is 1.16 bits per heavy atom. The van der Waals surface area contributed by atoms with Gasteiger partial charge in [0.2, 0.25) is 0 Å². The van der Waals surface area contributed by atoms with Crippen molar-refractivity contribution in [3.8, 4) is 5.75 Å². The van der Waals surface area contributed by atoms with Crippen molar-refractivity contribution >= 4 is 0 Å². The Labute approximate surface area is 113 Å². The summed E-state index contributed by atoms with van der Waals surface area (Å²) in [5.41, 5.74) is 1.05. The maximum Gasteiger partial charge on any atom is 0.125 e. The number of benzene rings is 1. The van der Waals surface area contributed by atoms with Crippen LogP contribution in [0.15, 0.2) is 47.1 Å². The molecular weight excluding hydrogens is 242 g/mol. The molecule has 0 aliphatic heterocycles. The van der Waals surface area contributed by atoms with Gasteiger partial charge in [-0.2, -0.15) is 0 Å². The summed E-state index contributed by atoms with van der Waals surface area (Å²) in [5.74, 6) is 1.71. The lowest BCUT2D eigenvalue weighted by molar-refractivity contribution is 0.145. The van der Waals surface area contributed by atoms with Gasteiger partial charge in [-0.05, 0) is 25.2 Å². The predicted molar refractivity (Wildman–Crippen MR) is 73.4 cm³/mol. The van der Waals surface area contributed by atoms with E-state index in [0.29, 0.717) is 13.2 Å². The zero-order valence-electron chi connectivity index (χ0n) is 11.3. The van der Waals surface area contributed by atoms with Crippen molar-refractivity contribution in [1.82, 2.24) is 5.32 Å². The Balaban J connectivity index is 2.22. The van der Waals surface area contributed by atoms with Crippen LogP contribution >= 0.6 is 0 Å². The van der Waals surface area contributed by atoms with Crippen molar-refractivity contribution in [3.05, 3.63) is 54.0 Å². The van der Waals surface area contributed by atoms with E-state index in [0.717, 1.165) is 17.1 Å². The Kier molecular flexibility index (Phi) is 5.01. The average molecular weight is 261 g/mol. The van der Waals surface area contributed by atoms with E-state index in [4.69, 9.17) is 13.9 Å². The molecule has 1 atom stereocenters. The molecule has 0 saturated heterocycles. The second kappa shape index (κ2) is 6.97. The smallest absolute Gasteiger partial charge is 0.125 e. The number of furan rings is 1. The number of hydrogen-bond donors (Lipinski definition) is 1. The molecule has 0 radical (unpaired) electrons. The fourth-order valence-corrected chi connectivity index (χ4v) is 1.99. The summed E-state index contributed by atoms with van der Waals surface area (Å²) >= 11 is 0. The lowest BCUT2D eigenvalue weighted by atomic mass is 10.0. The third-order valence-electron chi connectivity index (χ3n) is 2.89. The van der Waals surface area contributed by atoms with Crippen LogP contribution in [0.4, 0.5) is 0 Å². The molecular formula is C15H19NO3. The first kappa shape index (κ1) is 13.6. The molecule has 1 aromatic heterocycles. The van der Waals surface area contributed by atoms with Gasteiger partial charge in [-0.15, -0.1) is 0 Å². The number of rotatable bonds is 7. The largest absolute Gasteiger partial charge is 0.491 e. The summed E-state index contributed by atoms with van der Waals surface area (Å²) in [5, 5.41) is 3.25. The van der Waals surface area contributed by atoms with Gasteiger partial charge in [0, 0.05) is 12.7 Å². The van der Waals surface area contributed by atoms with Crippen LogP contribution in [-0.2, 0) is 4.74 Å². The molecule has 2 aromatic rings. The quantitative estimate of drug-likeness (QED) is 0.778. The van der Waals surface area contributed by atoms with E-state index in [9.17, 15) is 0 Å². The summed E-state index contributed by atoms with van der Waals surface area (Å²) in [7, 11) is 3.56. The minimum atomic E-state index is -0.0197. The molecule has 19 heavy (non-hydrogen) atoms. The minimum Gasteiger partial charge on any atom is -0.491 e. The van der Waals surface area contributed by atoms with E-state index in [1.807, 2.05) is 43.4 Å². The summed E-state index contributed by atoms with van der Waals surface area (Å²) < 4.78 is 16.2. The zero-order valence-corrected chi connectivity index (χ0v) is 11.3. The SMILES string of the molecule is CNC(c1ccco1)c1ccccc1OCCOC. The van der Waals surface area contributed by atoms with Crippen molar-refractivity contribution in [2.75, 3.05) is 27.4 Å². The molecule has 4 nitrogen and oxygen atoms in total. The fourth-order valence-electron chi connectivity index (χ4n) is 1.99. The molecule has 1 heterocycles. The summed E-state index contributed by atoms with van der Waals surface area (Å²) in [4.78, 5) is 0. The second-order valence-electron chi connectivity index (χ2n) is 4.12. The lowest BCUT2D eigenvalue weighted by Gasteiger charge is -2.18. The lowest BCUT2D eigenvalue weighted by Crippen LogP contribution is -2.18. The summed E-state index contributed by atoms with van der Waals surface area (Å²) in [6.07, 6.45) is 1.67. The standard InChI is InChI=1S/C15H19NO3/c1-16-15(14-8-5-9-18-14)12-6-3-4-7-13(12)19-11-10-17-2/h3-9,15-16H,10-11H2,1-2H3. The van der Waals surface area contributed by atoms with Crippen LogP contribution in [0.1, 0.15) is 17.4 Å². The van der Waals surface area contributed by atoms with E-state index in [-0.39, 0.29) is 6.04 Å². The second-order valence-corrected chi connectivity index (χ2v) is 4.12. The molecule has 102 valence electrons. The number of hydrogen-bond acceptors (Lipinski definition) is 4. The molecule has 2 rings (SSSR count). The Morgan fingerprint density at radius 3 is 2.68 bits per heavy atom. The molecule has 1 aromatic carbocycles. The van der Waals surface area contributed by atoms with E-state index < -0.39 is 0 Å². The third kappa shape index (κ3) is 3.36. The van der Waals surface area contributed by atoms with Gasteiger partial charge in [0.1, 0.15) is 18.1 Å². The van der Waals surface area contributed by atoms with Crippen LogP contribution in [0, 0.1) is 0 Å². The van der Waals surface area contributed by atoms with Crippen LogP contribution in [0.25, 0.3) is 0 Å². The van der Waals surface area contributed by atoms with Crippen LogP contribution in [-0.4, -0.2) is 27.4 Å². The van der Waals surface area contributed by atoms with Crippen LogP contribution in [0.2, 0.25) is 0 Å². The number of para-hydroxylation sites is 1. The van der Waals surface area contributed by atoms with Crippen molar-refractivity contribution < 1.29 is 13.9 Å². The van der Waals surface area contributed by atoms with Crippen LogP contribution < -0.4 is 10.1 Å². The molecule has 0 fully saturated rings. The first-order chi connectivity index (χ1) is 9.36. The van der Waals surface area contributed by atoms with Gasteiger partial charge in [-0.25, -0.2) is 0 Å². The highest BCUT2D eigenvalue weighted by atomic mass is 16.5. The van der Waals surface area contributed by atoms with Gasteiger partial charge in [0.05, 0.1) is 18.9 Å². The fraction of sp³-hybridized carbons (Fsp3) is 0.333. The molecule has 0 aliphatic carbocycles. The van der Waals surface area contributed by atoms with E-state index in [1.165, 1.54) is 0 Å². The molecule has 4 heteroatoms. The number of nitrogens with one attached hydrogen (secondary N) is 1. The van der Waals surface area contributed by atoms with Gasteiger partial charge in [0.25, 0.3) is 0 Å². The highest BCUT2D eigenvalue weighted by molar-refractivity contribution is 5.39. The van der Waals surface area contributed by atoms with Crippen molar-refractivity contribution in [3.63, 3.8) is 0 Å². The van der Waals surface area contributed by atoms with Gasteiger partial charge in [0.15, 0.2) is 0 Å². The van der Waals surface area contributed by atoms with E-state index in [2.05, 4.69) is 5.32 Å². The molecule has 0 aliphatic rings. The number of methoxy groups -OCH3 is 1. The first-order valence-electron chi connectivity index (χ1n) is 6.28. The Morgan fingerprint density at radius 2 is 2.00 bits per heavy atom. The van der Waals surface area contributed by atoms with Crippen LogP contribution in [0.5, 0.6) is 5.75 Å². The molecule has 0 amide bonds. The normalized spacial score (nSPS) is 12.3. The predicted octanol–water partition coefficient (Wildman–Crippen LogP) is 2.61. The first-order valence-corrected chi connectivity index (χ1v) is 6.28. The number of ether oxygens (including phenoxy) is 2. The topological polar surface area (TPSA) is 43.6 Å². The highest BCUT2D eigenvalue weighted by Crippen LogP contribution is 2.29. The molecule has 0 saturated carbocycles. The van der Waals surface area contributed by atoms with E-state index in [1.54, 1.807) is 13.4 Å². The van der Waals surface area contributed by atoms with Gasteiger partial charge >= 0.3 is 0 Å². The maximum absolute atomic E-state index is 5.75. The van der Waals surface area contributed by atoms with Crippen molar-refractivity contribution in [1.29, 1.82) is 0 Å².